The average Bonchev–Trinajstić information content (AvgIpc) is 3.35. The number of thiol groups is 1. The molecule has 3 aliphatic rings. The van der Waals surface area contributed by atoms with E-state index in [1.807, 2.05) is 24.3 Å². The van der Waals surface area contributed by atoms with Gasteiger partial charge in [0.1, 0.15) is 0 Å². The van der Waals surface area contributed by atoms with Gasteiger partial charge in [0.2, 0.25) is 0 Å². The lowest BCUT2D eigenvalue weighted by atomic mass is 9.99. The van der Waals surface area contributed by atoms with E-state index in [9.17, 15) is 9.00 Å². The highest BCUT2D eigenvalue weighted by Crippen LogP contribution is 2.39. The first-order valence-corrected chi connectivity index (χ1v) is 11.4. The SMILES string of the molecule is CN1Cc2ccccc2[SH]1(=O)NC(=O)Nc1c2c(cc3c1CCC3)CCC2. The monoisotopic (exact) mass is 383 g/mol. The van der Waals surface area contributed by atoms with Crippen LogP contribution >= 0.6 is 0 Å². The van der Waals surface area contributed by atoms with Crippen molar-refractivity contribution < 1.29 is 9.00 Å². The number of hydrogen-bond donors (Lipinski definition) is 3. The Hall–Kier alpha value is -2.18. The fourth-order valence-electron chi connectivity index (χ4n) is 4.86. The van der Waals surface area contributed by atoms with Crippen LogP contribution in [0.2, 0.25) is 0 Å². The first kappa shape index (κ1) is 17.0. The lowest BCUT2D eigenvalue weighted by molar-refractivity contribution is 0.256. The van der Waals surface area contributed by atoms with Crippen LogP contribution in [-0.2, 0) is 42.5 Å². The topological polar surface area (TPSA) is 61.4 Å². The molecule has 0 atom stereocenters. The number of nitrogens with one attached hydrogen (secondary N) is 2. The highest BCUT2D eigenvalue weighted by molar-refractivity contribution is 7.99. The third-order valence-corrected chi connectivity index (χ3v) is 8.86. The largest absolute Gasteiger partial charge is 0.330 e. The van der Waals surface area contributed by atoms with Gasteiger partial charge in [0.05, 0.1) is 0 Å². The van der Waals surface area contributed by atoms with Crippen molar-refractivity contribution in [2.75, 3.05) is 12.4 Å². The van der Waals surface area contributed by atoms with Crippen LogP contribution in [0, 0.1) is 0 Å². The van der Waals surface area contributed by atoms with Gasteiger partial charge in [0.15, 0.2) is 0 Å². The molecule has 0 aromatic heterocycles. The van der Waals surface area contributed by atoms with Crippen LogP contribution in [0.3, 0.4) is 0 Å². The molecule has 2 N–H and O–H groups in total. The van der Waals surface area contributed by atoms with E-state index in [1.165, 1.54) is 22.3 Å². The summed E-state index contributed by atoms with van der Waals surface area (Å²) in [6, 6.07) is 9.63. The van der Waals surface area contributed by atoms with Crippen LogP contribution in [0.4, 0.5) is 10.5 Å². The molecule has 5 nitrogen and oxygen atoms in total. The molecule has 2 amide bonds. The predicted octanol–water partition coefficient (Wildman–Crippen LogP) is 3.14. The Labute approximate surface area is 160 Å². The molecule has 0 bridgehead atoms. The summed E-state index contributed by atoms with van der Waals surface area (Å²) in [6.07, 6.45) is 6.49. The van der Waals surface area contributed by atoms with Gasteiger partial charge in [-0.1, -0.05) is 24.3 Å². The first-order chi connectivity index (χ1) is 13.1. The van der Waals surface area contributed by atoms with E-state index < -0.39 is 10.3 Å². The van der Waals surface area contributed by atoms with Crippen LogP contribution in [-0.4, -0.2) is 21.6 Å². The molecule has 1 aliphatic heterocycles. The number of benzene rings is 2. The molecule has 2 aromatic rings. The fraction of sp³-hybridized carbons (Fsp3) is 0.381. The Balaban J connectivity index is 1.45. The Morgan fingerprint density at radius 3 is 2.37 bits per heavy atom. The average molecular weight is 384 g/mol. The van der Waals surface area contributed by atoms with E-state index in [0.717, 1.165) is 54.7 Å². The number of carbonyl (C=O) groups is 1. The Morgan fingerprint density at radius 2 is 1.67 bits per heavy atom. The summed E-state index contributed by atoms with van der Waals surface area (Å²) in [5.41, 5.74) is 7.32. The molecule has 0 spiro atoms. The zero-order chi connectivity index (χ0) is 18.6. The van der Waals surface area contributed by atoms with Crippen molar-refractivity contribution in [2.45, 2.75) is 50.0 Å². The molecule has 2 aromatic carbocycles. The maximum atomic E-state index is 13.6. The third-order valence-electron chi connectivity index (χ3n) is 6.16. The second-order valence-corrected chi connectivity index (χ2v) is 10.4. The highest BCUT2D eigenvalue weighted by Gasteiger charge is 2.34. The van der Waals surface area contributed by atoms with Crippen molar-refractivity contribution in [3.8, 4) is 0 Å². The molecule has 0 fully saturated rings. The molecule has 0 saturated carbocycles. The first-order valence-electron chi connectivity index (χ1n) is 9.72. The van der Waals surface area contributed by atoms with Gasteiger partial charge in [-0.15, -0.1) is 0 Å². The minimum absolute atomic E-state index is 0.365. The third kappa shape index (κ3) is 2.62. The fourth-order valence-corrected chi connectivity index (χ4v) is 7.03. The van der Waals surface area contributed by atoms with E-state index in [2.05, 4.69) is 16.1 Å². The lowest BCUT2D eigenvalue weighted by Crippen LogP contribution is -2.45. The van der Waals surface area contributed by atoms with Gasteiger partial charge in [-0.25, -0.2) is 13.3 Å². The Kier molecular flexibility index (Phi) is 3.88. The number of rotatable bonds is 2. The van der Waals surface area contributed by atoms with E-state index in [0.29, 0.717) is 6.54 Å². The minimum atomic E-state index is -3.11. The molecule has 0 radical (unpaired) electrons. The highest BCUT2D eigenvalue weighted by atomic mass is 32.3. The lowest BCUT2D eigenvalue weighted by Gasteiger charge is -2.29. The molecule has 6 heteroatoms. The van der Waals surface area contributed by atoms with E-state index in [1.54, 1.807) is 11.4 Å². The quantitative estimate of drug-likeness (QED) is 0.698. The van der Waals surface area contributed by atoms with Gasteiger partial charge < -0.3 is 5.32 Å². The van der Waals surface area contributed by atoms with Crippen molar-refractivity contribution in [1.82, 2.24) is 9.03 Å². The number of urea groups is 1. The van der Waals surface area contributed by atoms with Crippen molar-refractivity contribution in [1.29, 1.82) is 0 Å². The summed E-state index contributed by atoms with van der Waals surface area (Å²) < 4.78 is 18.2. The number of carbonyl (C=O) groups excluding carboxylic acids is 1. The maximum absolute atomic E-state index is 13.6. The van der Waals surface area contributed by atoms with Crippen LogP contribution < -0.4 is 10.0 Å². The summed E-state index contributed by atoms with van der Waals surface area (Å²) in [5, 5.41) is 3.10. The Bertz CT molecular complexity index is 969. The van der Waals surface area contributed by atoms with Gasteiger partial charge in [0, 0.05) is 34.5 Å². The summed E-state index contributed by atoms with van der Waals surface area (Å²) >= 11 is 0. The van der Waals surface area contributed by atoms with Gasteiger partial charge in [-0.2, -0.15) is 0 Å². The second kappa shape index (κ2) is 6.17. The van der Waals surface area contributed by atoms with E-state index in [-0.39, 0.29) is 6.03 Å². The summed E-state index contributed by atoms with van der Waals surface area (Å²) in [5.74, 6) is 0. The number of hydrogen-bond acceptors (Lipinski definition) is 2. The number of aryl methyl sites for hydroxylation is 2. The summed E-state index contributed by atoms with van der Waals surface area (Å²) in [4.78, 5) is 13.6. The second-order valence-electron chi connectivity index (χ2n) is 7.82. The molecule has 0 saturated heterocycles. The number of fused-ring (bicyclic) bond motifs is 3. The summed E-state index contributed by atoms with van der Waals surface area (Å²) in [7, 11) is -1.31. The van der Waals surface area contributed by atoms with Crippen LogP contribution in [0.25, 0.3) is 0 Å². The molecular weight excluding hydrogens is 358 g/mol. The van der Waals surface area contributed by atoms with Crippen molar-refractivity contribution >= 4 is 22.0 Å². The van der Waals surface area contributed by atoms with Crippen LogP contribution in [0.5, 0.6) is 0 Å². The molecule has 142 valence electrons. The smallest absolute Gasteiger partial charge is 0.307 e. The molecule has 2 aliphatic carbocycles. The van der Waals surface area contributed by atoms with E-state index >= 15 is 0 Å². The zero-order valence-electron chi connectivity index (χ0n) is 15.5. The van der Waals surface area contributed by atoms with Gasteiger partial charge in [0.25, 0.3) is 0 Å². The number of anilines is 1. The van der Waals surface area contributed by atoms with Gasteiger partial charge in [-0.3, -0.25) is 4.72 Å². The molecule has 1 heterocycles. The normalized spacial score (nSPS) is 20.6. The van der Waals surface area contributed by atoms with Crippen molar-refractivity contribution in [3.63, 3.8) is 0 Å². The molecular formula is C21H25N3O2S. The molecule has 27 heavy (non-hydrogen) atoms. The number of nitrogens with zero attached hydrogens (tertiary/aromatic N) is 1. The number of amides is 2. The van der Waals surface area contributed by atoms with Crippen LogP contribution in [0.15, 0.2) is 35.2 Å². The van der Waals surface area contributed by atoms with E-state index in [4.69, 9.17) is 0 Å². The van der Waals surface area contributed by atoms with Gasteiger partial charge >= 0.3 is 6.03 Å². The maximum Gasteiger partial charge on any atom is 0.330 e. The van der Waals surface area contributed by atoms with Crippen LogP contribution in [0.1, 0.15) is 40.7 Å². The Morgan fingerprint density at radius 1 is 1.00 bits per heavy atom. The predicted molar refractivity (Wildman–Crippen MR) is 108 cm³/mol. The summed E-state index contributed by atoms with van der Waals surface area (Å²) in [6.45, 7) is 0.587. The van der Waals surface area contributed by atoms with Crippen molar-refractivity contribution in [2.24, 2.45) is 0 Å². The zero-order valence-corrected chi connectivity index (χ0v) is 16.4. The minimum Gasteiger partial charge on any atom is -0.307 e. The molecule has 0 unspecified atom stereocenters. The van der Waals surface area contributed by atoms with Gasteiger partial charge in [-0.05, 0) is 72.4 Å². The van der Waals surface area contributed by atoms with Crippen molar-refractivity contribution in [3.05, 3.63) is 58.1 Å². The standard InChI is InChI=1S/C21H25N3O2S/c1-24-13-16-6-2-3-11-19(16)27(24,26)23-21(25)22-20-17-9-4-7-14(17)12-15-8-5-10-18(15)20/h2-3,6,11-12,27H,4-5,7-10,13H2,1H3,(H2,22,23,25,26). The molecule has 5 rings (SSSR count).